The lowest BCUT2D eigenvalue weighted by Crippen LogP contribution is -2.52. The van der Waals surface area contributed by atoms with E-state index in [1.165, 1.54) is 27.8 Å². The Morgan fingerprint density at radius 1 is 1.15 bits per heavy atom. The fourth-order valence-corrected chi connectivity index (χ4v) is 5.73. The smallest absolute Gasteiger partial charge is 0.407 e. The molecule has 3 N–H and O–H groups in total. The van der Waals surface area contributed by atoms with Gasteiger partial charge in [0, 0.05) is 42.4 Å². The molecule has 0 unspecified atom stereocenters. The summed E-state index contributed by atoms with van der Waals surface area (Å²) in [5.74, 6) is -3.66. The molecule has 2 aliphatic heterocycles. The molecular weight excluding hydrogens is 631 g/mol. The highest BCUT2D eigenvalue weighted by Crippen LogP contribution is 2.36. The summed E-state index contributed by atoms with van der Waals surface area (Å²) in [5, 5.41) is 20.8. The standard InChI is InChI=1S/C31H33ClF3N5O6/c1-30(2,3)46-29(43)37-24-14-21(16-45-26(24)22-13-19(33)4-5-23(22)35)40-8-6-25(38-40)39-9-7-31(44,28(39)42)27(41)36-15-17-10-18(32)12-20(34)11-17/h4-6,8,10-13,21,24,26,44H,7,9,14-16H2,1-3H3,(H,36,41)(H,37,43)/t21-,24+,26-,31+/m1/s1. The van der Waals surface area contributed by atoms with Crippen LogP contribution in [0.2, 0.25) is 5.02 Å². The topological polar surface area (TPSA) is 135 Å². The van der Waals surface area contributed by atoms with Crippen molar-refractivity contribution < 1.29 is 42.1 Å². The fourth-order valence-electron chi connectivity index (χ4n) is 5.48. The predicted octanol–water partition coefficient (Wildman–Crippen LogP) is 4.33. The lowest BCUT2D eigenvalue weighted by molar-refractivity contribution is -0.149. The van der Waals surface area contributed by atoms with Crippen LogP contribution in [-0.2, 0) is 25.6 Å². The molecule has 15 heteroatoms. The highest BCUT2D eigenvalue weighted by atomic mass is 35.5. The molecule has 4 atom stereocenters. The third-order valence-corrected chi connectivity index (χ3v) is 7.84. The van der Waals surface area contributed by atoms with E-state index in [9.17, 15) is 32.7 Å². The number of carbonyl (C=O) groups is 3. The Labute approximate surface area is 267 Å². The molecular formula is C31H33ClF3N5O6. The number of ether oxygens (including phenoxy) is 2. The maximum absolute atomic E-state index is 14.7. The van der Waals surface area contributed by atoms with Crippen molar-refractivity contribution in [2.75, 3.05) is 18.1 Å². The summed E-state index contributed by atoms with van der Waals surface area (Å²) in [5.41, 5.74) is -2.91. The number of nitrogens with one attached hydrogen (secondary N) is 2. The Bertz CT molecular complexity index is 1630. The van der Waals surface area contributed by atoms with E-state index in [-0.39, 0.29) is 48.9 Å². The Morgan fingerprint density at radius 2 is 1.91 bits per heavy atom. The van der Waals surface area contributed by atoms with Crippen molar-refractivity contribution in [2.45, 2.75) is 69.5 Å². The van der Waals surface area contributed by atoms with Crippen molar-refractivity contribution in [3.8, 4) is 0 Å². The largest absolute Gasteiger partial charge is 0.444 e. The summed E-state index contributed by atoms with van der Waals surface area (Å²) in [7, 11) is 0. The SMILES string of the molecule is CC(C)(C)OC(=O)N[C@H]1C[C@@H](n2ccc(N3CC[C@](O)(C(=O)NCc4cc(F)cc(Cl)c4)C3=O)n2)CO[C@@H]1c1cc(F)ccc1F. The first-order valence-corrected chi connectivity index (χ1v) is 14.9. The molecule has 3 amide bonds. The van der Waals surface area contributed by atoms with E-state index in [2.05, 4.69) is 15.7 Å². The van der Waals surface area contributed by atoms with Gasteiger partial charge in [-0.05, 0) is 69.2 Å². The second-order valence-corrected chi connectivity index (χ2v) is 12.7. The molecule has 2 aliphatic rings. The van der Waals surface area contributed by atoms with Crippen LogP contribution >= 0.6 is 11.6 Å². The summed E-state index contributed by atoms with van der Waals surface area (Å²) in [6.45, 7) is 4.88. The average molecular weight is 664 g/mol. The van der Waals surface area contributed by atoms with E-state index in [1.54, 1.807) is 27.0 Å². The van der Waals surface area contributed by atoms with Gasteiger partial charge in [0.15, 0.2) is 5.82 Å². The van der Waals surface area contributed by atoms with Gasteiger partial charge in [-0.25, -0.2) is 18.0 Å². The van der Waals surface area contributed by atoms with Crippen molar-refractivity contribution in [3.05, 3.63) is 82.3 Å². The van der Waals surface area contributed by atoms with Crippen LogP contribution in [0.3, 0.4) is 0 Å². The molecule has 2 aromatic carbocycles. The molecule has 1 aromatic heterocycles. The molecule has 2 fully saturated rings. The van der Waals surface area contributed by atoms with Crippen LogP contribution in [0.15, 0.2) is 48.7 Å². The molecule has 3 aromatic rings. The first-order valence-electron chi connectivity index (χ1n) is 14.5. The van der Waals surface area contributed by atoms with Gasteiger partial charge in [-0.15, -0.1) is 0 Å². The Morgan fingerprint density at radius 3 is 2.63 bits per heavy atom. The van der Waals surface area contributed by atoms with Crippen LogP contribution in [0.25, 0.3) is 0 Å². The summed E-state index contributed by atoms with van der Waals surface area (Å²) in [6.07, 6.45) is -0.290. The van der Waals surface area contributed by atoms with Gasteiger partial charge in [0.25, 0.3) is 11.8 Å². The van der Waals surface area contributed by atoms with Crippen LogP contribution in [0, 0.1) is 17.5 Å². The van der Waals surface area contributed by atoms with E-state index in [0.29, 0.717) is 5.56 Å². The highest BCUT2D eigenvalue weighted by molar-refractivity contribution is 6.30. The fraction of sp³-hybridized carbons (Fsp3) is 0.419. The molecule has 0 bridgehead atoms. The molecule has 0 saturated carbocycles. The van der Waals surface area contributed by atoms with Crippen molar-refractivity contribution >= 4 is 35.3 Å². The van der Waals surface area contributed by atoms with Gasteiger partial charge in [0.05, 0.1) is 18.7 Å². The number of amides is 3. The summed E-state index contributed by atoms with van der Waals surface area (Å²) >= 11 is 5.86. The van der Waals surface area contributed by atoms with Crippen LogP contribution in [0.4, 0.5) is 23.8 Å². The third kappa shape index (κ3) is 7.29. The number of hydrogen-bond acceptors (Lipinski definition) is 7. The quantitative estimate of drug-likeness (QED) is 0.320. The maximum atomic E-state index is 14.7. The van der Waals surface area contributed by atoms with Crippen LogP contribution in [0.5, 0.6) is 0 Å². The zero-order valence-corrected chi connectivity index (χ0v) is 26.0. The zero-order chi connectivity index (χ0) is 33.4. The molecule has 46 heavy (non-hydrogen) atoms. The lowest BCUT2D eigenvalue weighted by Gasteiger charge is -2.37. The minimum atomic E-state index is -2.38. The van der Waals surface area contributed by atoms with Gasteiger partial charge in [0.1, 0.15) is 29.2 Å². The van der Waals surface area contributed by atoms with E-state index < -0.39 is 64.7 Å². The molecule has 5 rings (SSSR count). The van der Waals surface area contributed by atoms with Crippen LogP contribution in [0.1, 0.15) is 56.9 Å². The molecule has 2 saturated heterocycles. The normalized spacial score (nSPS) is 23.3. The molecule has 0 spiro atoms. The van der Waals surface area contributed by atoms with Gasteiger partial charge < -0.3 is 25.2 Å². The van der Waals surface area contributed by atoms with Crippen LogP contribution < -0.4 is 15.5 Å². The first-order chi connectivity index (χ1) is 21.6. The number of carbonyl (C=O) groups excluding carboxylic acids is 3. The third-order valence-electron chi connectivity index (χ3n) is 7.62. The Balaban J connectivity index is 1.29. The van der Waals surface area contributed by atoms with E-state index in [0.717, 1.165) is 24.3 Å². The van der Waals surface area contributed by atoms with Gasteiger partial charge in [-0.1, -0.05) is 11.6 Å². The van der Waals surface area contributed by atoms with Crippen molar-refractivity contribution in [3.63, 3.8) is 0 Å². The molecule has 11 nitrogen and oxygen atoms in total. The van der Waals surface area contributed by atoms with Gasteiger partial charge in [-0.2, -0.15) is 5.10 Å². The van der Waals surface area contributed by atoms with Gasteiger partial charge >= 0.3 is 6.09 Å². The van der Waals surface area contributed by atoms with Crippen LogP contribution in [-0.4, -0.2) is 63.2 Å². The Hall–Kier alpha value is -4.14. The second-order valence-electron chi connectivity index (χ2n) is 12.2. The van der Waals surface area contributed by atoms with E-state index in [1.807, 2.05) is 0 Å². The number of halogens is 4. The number of benzene rings is 2. The number of nitrogens with zero attached hydrogens (tertiary/aromatic N) is 3. The number of hydrogen-bond donors (Lipinski definition) is 3. The lowest BCUT2D eigenvalue weighted by atomic mass is 9.93. The minimum absolute atomic E-state index is 0.00136. The number of aliphatic hydroxyl groups is 1. The second kappa shape index (κ2) is 12.9. The first kappa shape index (κ1) is 33.2. The van der Waals surface area contributed by atoms with Crippen molar-refractivity contribution in [1.29, 1.82) is 0 Å². The number of aromatic nitrogens is 2. The van der Waals surface area contributed by atoms with Crippen molar-refractivity contribution in [1.82, 2.24) is 20.4 Å². The predicted molar refractivity (Wildman–Crippen MR) is 159 cm³/mol. The number of rotatable bonds is 7. The number of alkyl carbamates (subject to hydrolysis) is 1. The highest BCUT2D eigenvalue weighted by Gasteiger charge is 2.52. The van der Waals surface area contributed by atoms with E-state index in [4.69, 9.17) is 21.1 Å². The molecule has 246 valence electrons. The zero-order valence-electron chi connectivity index (χ0n) is 25.2. The summed E-state index contributed by atoms with van der Waals surface area (Å²) in [6, 6.07) is 6.86. The molecule has 0 aliphatic carbocycles. The van der Waals surface area contributed by atoms with Gasteiger partial charge in [-0.3, -0.25) is 19.2 Å². The van der Waals surface area contributed by atoms with Gasteiger partial charge in [0.2, 0.25) is 5.60 Å². The summed E-state index contributed by atoms with van der Waals surface area (Å²) in [4.78, 5) is 40.0. The molecule has 3 heterocycles. The Kier molecular flexibility index (Phi) is 9.34. The van der Waals surface area contributed by atoms with E-state index >= 15 is 0 Å². The molecule has 0 radical (unpaired) electrons. The summed E-state index contributed by atoms with van der Waals surface area (Å²) < 4.78 is 55.3. The maximum Gasteiger partial charge on any atom is 0.407 e. The number of anilines is 1. The monoisotopic (exact) mass is 663 g/mol. The van der Waals surface area contributed by atoms with Crippen molar-refractivity contribution in [2.24, 2.45) is 0 Å². The average Bonchev–Trinajstić information content (AvgIpc) is 3.57. The minimum Gasteiger partial charge on any atom is -0.444 e.